The van der Waals surface area contributed by atoms with E-state index >= 15 is 0 Å². The lowest BCUT2D eigenvalue weighted by Gasteiger charge is -2.20. The number of aliphatic imine (C=N–C) groups is 1. The number of nitrogens with zero attached hydrogens (tertiary/aromatic N) is 1. The molecule has 2 rings (SSSR count). The second-order valence-electron chi connectivity index (χ2n) is 4.61. The van der Waals surface area contributed by atoms with E-state index in [1.54, 1.807) is 0 Å². The van der Waals surface area contributed by atoms with E-state index in [1.807, 2.05) is 19.1 Å². The minimum atomic E-state index is 0. The minimum absolute atomic E-state index is 0. The maximum Gasteiger partial charge on any atom is 0.189 e. The summed E-state index contributed by atoms with van der Waals surface area (Å²) in [5.41, 5.74) is 7.78. The number of ether oxygens (including phenoxy) is 2. The van der Waals surface area contributed by atoms with E-state index in [1.165, 1.54) is 0 Å². The molecular formula is C14H19BrIN3O2. The summed E-state index contributed by atoms with van der Waals surface area (Å²) in [4.78, 5) is 4.28. The molecule has 1 aromatic carbocycles. The van der Waals surface area contributed by atoms with Gasteiger partial charge in [0.15, 0.2) is 17.5 Å². The van der Waals surface area contributed by atoms with Crippen LogP contribution < -0.4 is 20.5 Å². The Morgan fingerprint density at radius 3 is 2.86 bits per heavy atom. The molecule has 1 heterocycles. The van der Waals surface area contributed by atoms with Crippen LogP contribution in [-0.4, -0.2) is 25.7 Å². The van der Waals surface area contributed by atoms with Crippen LogP contribution in [-0.2, 0) is 6.54 Å². The summed E-state index contributed by atoms with van der Waals surface area (Å²) in [6.07, 6.45) is 0. The Bertz CT molecular complexity index is 549. The number of halogens is 2. The zero-order chi connectivity index (χ0) is 14.5. The van der Waals surface area contributed by atoms with E-state index in [4.69, 9.17) is 15.2 Å². The maximum absolute atomic E-state index is 5.78. The number of nitrogens with one attached hydrogen (secondary N) is 1. The molecule has 0 saturated carbocycles. The molecule has 0 spiro atoms. The average Bonchev–Trinajstić information content (AvgIpc) is 2.43. The minimum Gasteiger partial charge on any atom is -0.486 e. The van der Waals surface area contributed by atoms with Gasteiger partial charge in [-0.25, -0.2) is 4.99 Å². The molecule has 1 aliphatic heterocycles. The van der Waals surface area contributed by atoms with Crippen LogP contribution in [0.25, 0.3) is 0 Å². The van der Waals surface area contributed by atoms with Gasteiger partial charge in [0.05, 0.1) is 11.0 Å². The molecule has 0 atom stereocenters. The highest BCUT2D eigenvalue weighted by Gasteiger charge is 2.16. The topological polar surface area (TPSA) is 68.9 Å². The third kappa shape index (κ3) is 5.39. The quantitative estimate of drug-likeness (QED) is 0.309. The van der Waals surface area contributed by atoms with Gasteiger partial charge >= 0.3 is 0 Å². The van der Waals surface area contributed by atoms with Gasteiger partial charge in [0.2, 0.25) is 0 Å². The second kappa shape index (κ2) is 8.47. The van der Waals surface area contributed by atoms with Crippen LogP contribution in [0, 0.1) is 0 Å². The van der Waals surface area contributed by atoms with E-state index in [0.29, 0.717) is 32.3 Å². The van der Waals surface area contributed by atoms with Gasteiger partial charge in [-0.05, 0) is 40.5 Å². The first-order valence-electron chi connectivity index (χ1n) is 6.32. The average molecular weight is 468 g/mol. The fourth-order valence-electron chi connectivity index (χ4n) is 1.73. The molecule has 1 aliphatic rings. The molecule has 116 valence electrons. The van der Waals surface area contributed by atoms with Crippen LogP contribution in [0.3, 0.4) is 0 Å². The molecule has 7 heteroatoms. The zero-order valence-corrected chi connectivity index (χ0v) is 15.7. The third-order valence-electron chi connectivity index (χ3n) is 2.66. The monoisotopic (exact) mass is 467 g/mol. The van der Waals surface area contributed by atoms with Gasteiger partial charge in [0.25, 0.3) is 0 Å². The molecule has 0 amide bonds. The number of nitrogens with two attached hydrogens (primary N) is 1. The van der Waals surface area contributed by atoms with Crippen LogP contribution in [0.15, 0.2) is 33.7 Å². The number of fused-ring (bicyclic) bond motifs is 1. The van der Waals surface area contributed by atoms with Crippen LogP contribution in [0.5, 0.6) is 11.5 Å². The Hall–Kier alpha value is -0.960. The van der Waals surface area contributed by atoms with Crippen LogP contribution >= 0.6 is 39.9 Å². The molecule has 0 radical (unpaired) electrons. The van der Waals surface area contributed by atoms with Crippen LogP contribution in [0.2, 0.25) is 0 Å². The SMILES string of the molecule is C=C(C)CNC(N)=NCc1cc(Br)c2c(c1)OCCO2.I. The van der Waals surface area contributed by atoms with Gasteiger partial charge in [0, 0.05) is 6.54 Å². The van der Waals surface area contributed by atoms with Gasteiger partial charge in [-0.2, -0.15) is 0 Å². The normalized spacial score (nSPS) is 13.3. The molecule has 3 N–H and O–H groups in total. The Morgan fingerprint density at radius 2 is 2.14 bits per heavy atom. The van der Waals surface area contributed by atoms with Crippen LogP contribution in [0.4, 0.5) is 0 Å². The number of guanidine groups is 1. The first kappa shape index (κ1) is 18.1. The van der Waals surface area contributed by atoms with Crippen molar-refractivity contribution in [3.63, 3.8) is 0 Å². The molecule has 5 nitrogen and oxygen atoms in total. The summed E-state index contributed by atoms with van der Waals surface area (Å²) in [7, 11) is 0. The van der Waals surface area contributed by atoms with E-state index in [9.17, 15) is 0 Å². The van der Waals surface area contributed by atoms with Gasteiger partial charge in [-0.3, -0.25) is 0 Å². The first-order chi connectivity index (χ1) is 9.56. The standard InChI is InChI=1S/C14H18BrN3O2.HI/c1-9(2)7-17-14(16)18-8-10-5-11(15)13-12(6-10)19-3-4-20-13;/h5-6H,1,3-4,7-8H2,2H3,(H3,16,17,18);1H. The van der Waals surface area contributed by atoms with Crippen molar-refractivity contribution in [3.05, 3.63) is 34.3 Å². The lowest BCUT2D eigenvalue weighted by Crippen LogP contribution is -2.32. The van der Waals surface area contributed by atoms with E-state index < -0.39 is 0 Å². The summed E-state index contributed by atoms with van der Waals surface area (Å²) < 4.78 is 12.0. The summed E-state index contributed by atoms with van der Waals surface area (Å²) in [6, 6.07) is 3.89. The Kier molecular flexibility index (Phi) is 7.30. The van der Waals surface area contributed by atoms with Crippen molar-refractivity contribution >= 4 is 45.9 Å². The van der Waals surface area contributed by atoms with Crippen molar-refractivity contribution in [2.45, 2.75) is 13.5 Å². The van der Waals surface area contributed by atoms with Crippen molar-refractivity contribution in [1.29, 1.82) is 0 Å². The first-order valence-corrected chi connectivity index (χ1v) is 7.12. The molecule has 0 saturated heterocycles. The molecule has 0 aliphatic carbocycles. The molecule has 0 aromatic heterocycles. The largest absolute Gasteiger partial charge is 0.486 e. The van der Waals surface area contributed by atoms with E-state index in [2.05, 4.69) is 32.8 Å². The molecule has 1 aromatic rings. The van der Waals surface area contributed by atoms with Crippen molar-refractivity contribution in [2.75, 3.05) is 19.8 Å². The summed E-state index contributed by atoms with van der Waals surface area (Å²) in [5.74, 6) is 1.89. The predicted octanol–water partition coefficient (Wildman–Crippen LogP) is 2.82. The lowest BCUT2D eigenvalue weighted by atomic mass is 10.2. The molecule has 21 heavy (non-hydrogen) atoms. The highest BCUT2D eigenvalue weighted by molar-refractivity contribution is 14.0. The van der Waals surface area contributed by atoms with Crippen LogP contribution in [0.1, 0.15) is 12.5 Å². The van der Waals surface area contributed by atoms with Gasteiger partial charge in [0.1, 0.15) is 13.2 Å². The highest BCUT2D eigenvalue weighted by Crippen LogP contribution is 2.38. The van der Waals surface area contributed by atoms with Gasteiger partial charge < -0.3 is 20.5 Å². The van der Waals surface area contributed by atoms with E-state index in [-0.39, 0.29) is 24.0 Å². The predicted molar refractivity (Wildman–Crippen MR) is 98.7 cm³/mol. The fourth-order valence-corrected chi connectivity index (χ4v) is 2.33. The molecular weight excluding hydrogens is 449 g/mol. The summed E-state index contributed by atoms with van der Waals surface area (Å²) in [6.45, 7) is 7.96. The lowest BCUT2D eigenvalue weighted by molar-refractivity contribution is 0.170. The second-order valence-corrected chi connectivity index (χ2v) is 5.47. The van der Waals surface area contributed by atoms with Gasteiger partial charge in [-0.15, -0.1) is 24.0 Å². The van der Waals surface area contributed by atoms with Crippen molar-refractivity contribution in [3.8, 4) is 11.5 Å². The Balaban J connectivity index is 0.00000220. The van der Waals surface area contributed by atoms with Crippen molar-refractivity contribution in [2.24, 2.45) is 10.7 Å². The summed E-state index contributed by atoms with van der Waals surface area (Å²) >= 11 is 3.48. The highest BCUT2D eigenvalue weighted by atomic mass is 127. The number of rotatable bonds is 4. The van der Waals surface area contributed by atoms with Crippen molar-refractivity contribution in [1.82, 2.24) is 5.32 Å². The maximum atomic E-state index is 5.78. The van der Waals surface area contributed by atoms with Gasteiger partial charge in [-0.1, -0.05) is 12.2 Å². The number of hydrogen-bond acceptors (Lipinski definition) is 3. The van der Waals surface area contributed by atoms with E-state index in [0.717, 1.165) is 27.1 Å². The number of benzene rings is 1. The zero-order valence-electron chi connectivity index (χ0n) is 11.8. The van der Waals surface area contributed by atoms with Crippen molar-refractivity contribution < 1.29 is 9.47 Å². The number of hydrogen-bond donors (Lipinski definition) is 2. The molecule has 0 unspecified atom stereocenters. The molecule has 0 fully saturated rings. The fraction of sp³-hybridized carbons (Fsp3) is 0.357. The third-order valence-corrected chi connectivity index (χ3v) is 3.25. The smallest absolute Gasteiger partial charge is 0.189 e. The Labute approximate surface area is 150 Å². The Morgan fingerprint density at radius 1 is 1.43 bits per heavy atom. The molecule has 0 bridgehead atoms. The summed E-state index contributed by atoms with van der Waals surface area (Å²) in [5, 5.41) is 2.99.